The molecule has 1 aromatic heterocycles. The van der Waals surface area contributed by atoms with Gasteiger partial charge in [0.15, 0.2) is 11.3 Å². The zero-order valence-corrected chi connectivity index (χ0v) is 7.04. The van der Waals surface area contributed by atoms with Crippen LogP contribution >= 0.6 is 0 Å². The Bertz CT molecular complexity index is 510. The summed E-state index contributed by atoms with van der Waals surface area (Å²) in [7, 11) is 0. The van der Waals surface area contributed by atoms with E-state index in [0.29, 0.717) is 5.39 Å². The van der Waals surface area contributed by atoms with Crippen LogP contribution in [0.5, 0.6) is 5.75 Å². The molecule has 0 unspecified atom stereocenters. The zero-order chi connectivity index (χ0) is 10.1. The number of nitrogens with zero attached hydrogens (tertiary/aromatic N) is 2. The Kier molecular flexibility index (Phi) is 1.78. The molecule has 0 bridgehead atoms. The van der Waals surface area contributed by atoms with Crippen molar-refractivity contribution < 1.29 is 10.0 Å². The second-order valence-corrected chi connectivity index (χ2v) is 2.77. The molecule has 0 spiro atoms. The van der Waals surface area contributed by atoms with Crippen molar-refractivity contribution in [3.8, 4) is 5.75 Å². The number of aromatic nitrogens is 1. The SMILES string of the molecule is O=[N+]([O-])c1c(O)ccc2cccnc12. The second kappa shape index (κ2) is 2.95. The first-order valence-electron chi connectivity index (χ1n) is 3.91. The van der Waals surface area contributed by atoms with E-state index in [9.17, 15) is 15.2 Å². The number of hydrogen-bond donors (Lipinski definition) is 1. The molecule has 1 N–H and O–H groups in total. The van der Waals surface area contributed by atoms with Gasteiger partial charge in [-0.2, -0.15) is 0 Å². The quantitative estimate of drug-likeness (QED) is 0.549. The van der Waals surface area contributed by atoms with Crippen molar-refractivity contribution >= 4 is 16.6 Å². The number of fused-ring (bicyclic) bond motifs is 1. The van der Waals surface area contributed by atoms with Gasteiger partial charge < -0.3 is 5.11 Å². The van der Waals surface area contributed by atoms with Crippen LogP contribution in [-0.4, -0.2) is 15.0 Å². The van der Waals surface area contributed by atoms with Gasteiger partial charge in [0.2, 0.25) is 0 Å². The lowest BCUT2D eigenvalue weighted by atomic mass is 10.2. The number of nitro benzene ring substituents is 1. The third kappa shape index (κ3) is 1.15. The molecule has 0 aliphatic rings. The molecule has 0 aliphatic heterocycles. The van der Waals surface area contributed by atoms with Gasteiger partial charge in [-0.25, -0.2) is 4.98 Å². The molecule has 70 valence electrons. The van der Waals surface area contributed by atoms with Gasteiger partial charge in [-0.15, -0.1) is 0 Å². The van der Waals surface area contributed by atoms with Crippen LogP contribution in [0.2, 0.25) is 0 Å². The third-order valence-electron chi connectivity index (χ3n) is 1.91. The third-order valence-corrected chi connectivity index (χ3v) is 1.91. The molecule has 0 fully saturated rings. The topological polar surface area (TPSA) is 76.3 Å². The summed E-state index contributed by atoms with van der Waals surface area (Å²) in [6.45, 7) is 0. The zero-order valence-electron chi connectivity index (χ0n) is 7.04. The maximum Gasteiger partial charge on any atom is 0.336 e. The Labute approximate surface area is 78.8 Å². The molecular weight excluding hydrogens is 184 g/mol. The van der Waals surface area contributed by atoms with E-state index >= 15 is 0 Å². The Morgan fingerprint density at radius 1 is 1.36 bits per heavy atom. The van der Waals surface area contributed by atoms with Crippen LogP contribution in [0, 0.1) is 10.1 Å². The van der Waals surface area contributed by atoms with E-state index in [0.717, 1.165) is 0 Å². The van der Waals surface area contributed by atoms with Gasteiger partial charge in [-0.05, 0) is 18.2 Å². The minimum absolute atomic E-state index is 0.206. The van der Waals surface area contributed by atoms with E-state index in [1.54, 1.807) is 18.2 Å². The van der Waals surface area contributed by atoms with Crippen molar-refractivity contribution in [2.24, 2.45) is 0 Å². The molecule has 0 saturated heterocycles. The Hall–Kier alpha value is -2.17. The number of benzene rings is 1. The lowest BCUT2D eigenvalue weighted by molar-refractivity contribution is -0.384. The highest BCUT2D eigenvalue weighted by Crippen LogP contribution is 2.32. The summed E-state index contributed by atoms with van der Waals surface area (Å²) in [6.07, 6.45) is 1.45. The highest BCUT2D eigenvalue weighted by Gasteiger charge is 2.18. The van der Waals surface area contributed by atoms with Crippen LogP contribution < -0.4 is 0 Å². The van der Waals surface area contributed by atoms with E-state index in [4.69, 9.17) is 0 Å². The van der Waals surface area contributed by atoms with Gasteiger partial charge in [0.25, 0.3) is 0 Å². The van der Waals surface area contributed by atoms with Gasteiger partial charge >= 0.3 is 5.69 Å². The molecule has 14 heavy (non-hydrogen) atoms. The summed E-state index contributed by atoms with van der Waals surface area (Å²) in [6, 6.07) is 6.27. The lowest BCUT2D eigenvalue weighted by Gasteiger charge is -1.99. The number of nitro groups is 1. The number of phenolic OH excluding ortho intramolecular Hbond substituents is 1. The fraction of sp³-hybridized carbons (Fsp3) is 0. The van der Waals surface area contributed by atoms with E-state index in [1.807, 2.05) is 0 Å². The number of pyridine rings is 1. The maximum atomic E-state index is 10.6. The molecule has 5 heteroatoms. The summed E-state index contributed by atoms with van der Waals surface area (Å²) >= 11 is 0. The molecule has 1 aromatic carbocycles. The van der Waals surface area contributed by atoms with Gasteiger partial charge in [-0.3, -0.25) is 10.1 Å². The highest BCUT2D eigenvalue weighted by atomic mass is 16.6. The average molecular weight is 190 g/mol. The van der Waals surface area contributed by atoms with E-state index in [-0.39, 0.29) is 17.0 Å². The molecule has 0 radical (unpaired) electrons. The van der Waals surface area contributed by atoms with Crippen molar-refractivity contribution in [1.29, 1.82) is 0 Å². The van der Waals surface area contributed by atoms with E-state index < -0.39 is 4.92 Å². The van der Waals surface area contributed by atoms with Crippen LogP contribution in [0.15, 0.2) is 30.5 Å². The highest BCUT2D eigenvalue weighted by molar-refractivity contribution is 5.89. The predicted molar refractivity (Wildman–Crippen MR) is 50.1 cm³/mol. The summed E-state index contributed by atoms with van der Waals surface area (Å²) in [5, 5.41) is 20.6. The van der Waals surface area contributed by atoms with E-state index in [2.05, 4.69) is 4.98 Å². The minimum Gasteiger partial charge on any atom is -0.502 e. The van der Waals surface area contributed by atoms with Crippen LogP contribution in [0.25, 0.3) is 10.9 Å². The maximum absolute atomic E-state index is 10.6. The van der Waals surface area contributed by atoms with Crippen molar-refractivity contribution in [2.45, 2.75) is 0 Å². The Morgan fingerprint density at radius 3 is 2.86 bits per heavy atom. The molecule has 2 aromatic rings. The van der Waals surface area contributed by atoms with Crippen LogP contribution in [0.4, 0.5) is 5.69 Å². The molecule has 1 heterocycles. The molecule has 0 saturated carbocycles. The first-order valence-corrected chi connectivity index (χ1v) is 3.91. The molecule has 0 amide bonds. The number of phenols is 1. The molecule has 0 atom stereocenters. The first-order chi connectivity index (χ1) is 6.70. The van der Waals surface area contributed by atoms with Crippen LogP contribution in [-0.2, 0) is 0 Å². The first kappa shape index (κ1) is 8.43. The monoisotopic (exact) mass is 190 g/mol. The standard InChI is InChI=1S/C9H6N2O3/c12-7-4-3-6-2-1-5-10-8(6)9(7)11(13)14/h1-5,12H. The van der Waals surface area contributed by atoms with Gasteiger partial charge in [-0.1, -0.05) is 6.07 Å². The Balaban J connectivity index is 2.90. The minimum atomic E-state index is -0.634. The van der Waals surface area contributed by atoms with Crippen molar-refractivity contribution in [3.05, 3.63) is 40.6 Å². The second-order valence-electron chi connectivity index (χ2n) is 2.77. The predicted octanol–water partition coefficient (Wildman–Crippen LogP) is 1.85. The lowest BCUT2D eigenvalue weighted by Crippen LogP contribution is -1.91. The Morgan fingerprint density at radius 2 is 2.14 bits per heavy atom. The van der Waals surface area contributed by atoms with Crippen molar-refractivity contribution in [2.75, 3.05) is 0 Å². The van der Waals surface area contributed by atoms with Crippen LogP contribution in [0.1, 0.15) is 0 Å². The summed E-state index contributed by atoms with van der Waals surface area (Å²) in [4.78, 5) is 13.9. The fourth-order valence-electron chi connectivity index (χ4n) is 1.30. The number of hydrogen-bond acceptors (Lipinski definition) is 4. The van der Waals surface area contributed by atoms with Crippen LogP contribution in [0.3, 0.4) is 0 Å². The summed E-state index contributed by atoms with van der Waals surface area (Å²) in [5.41, 5.74) is -0.138. The fourth-order valence-corrected chi connectivity index (χ4v) is 1.30. The van der Waals surface area contributed by atoms with Crippen molar-refractivity contribution in [1.82, 2.24) is 4.98 Å². The largest absolute Gasteiger partial charge is 0.502 e. The molecule has 0 aliphatic carbocycles. The van der Waals surface area contributed by atoms with Gasteiger partial charge in [0.05, 0.1) is 4.92 Å². The molecule has 2 rings (SSSR count). The number of rotatable bonds is 1. The van der Waals surface area contributed by atoms with Gasteiger partial charge in [0.1, 0.15) is 0 Å². The summed E-state index contributed by atoms with van der Waals surface area (Å²) < 4.78 is 0. The van der Waals surface area contributed by atoms with Crippen molar-refractivity contribution in [3.63, 3.8) is 0 Å². The average Bonchev–Trinajstić information content (AvgIpc) is 2.17. The smallest absolute Gasteiger partial charge is 0.336 e. The number of aromatic hydroxyl groups is 1. The molecule has 5 nitrogen and oxygen atoms in total. The normalized spacial score (nSPS) is 10.3. The molecular formula is C9H6N2O3. The van der Waals surface area contributed by atoms with E-state index in [1.165, 1.54) is 12.3 Å². The van der Waals surface area contributed by atoms with Gasteiger partial charge in [0, 0.05) is 11.6 Å². The summed E-state index contributed by atoms with van der Waals surface area (Å²) in [5.74, 6) is -0.360.